The molecule has 1 aromatic heterocycles. The number of aryl methyl sites for hydroxylation is 2. The van der Waals surface area contributed by atoms with Crippen LogP contribution in [-0.4, -0.2) is 5.16 Å². The predicted octanol–water partition coefficient (Wildman–Crippen LogP) is 2.85. The normalized spacial score (nSPS) is 10.6. The molecule has 0 aliphatic rings. The van der Waals surface area contributed by atoms with E-state index in [9.17, 15) is 0 Å². The number of benzene rings is 1. The third kappa shape index (κ3) is 1.61. The number of rotatable bonds is 1. The lowest BCUT2D eigenvalue weighted by atomic mass is 10.0. The highest BCUT2D eigenvalue weighted by Crippen LogP contribution is 2.27. The molecule has 0 saturated carbocycles. The Labute approximate surface area is 88.9 Å². The molecule has 0 bridgehead atoms. The summed E-state index contributed by atoms with van der Waals surface area (Å²) in [5, 5.41) is 3.96. The zero-order valence-electron chi connectivity index (χ0n) is 9.16. The number of hydrogen-bond donors (Lipinski definition) is 1. The van der Waals surface area contributed by atoms with Gasteiger partial charge in [0.15, 0.2) is 0 Å². The maximum absolute atomic E-state index is 5.62. The fraction of sp³-hybridized carbons (Fsp3) is 0.250. The summed E-state index contributed by atoms with van der Waals surface area (Å²) in [7, 11) is 0. The summed E-state index contributed by atoms with van der Waals surface area (Å²) >= 11 is 0. The molecule has 3 heteroatoms. The van der Waals surface area contributed by atoms with Crippen molar-refractivity contribution in [2.24, 2.45) is 0 Å². The molecule has 0 radical (unpaired) electrons. The van der Waals surface area contributed by atoms with Gasteiger partial charge in [-0.3, -0.25) is 0 Å². The van der Waals surface area contributed by atoms with Crippen molar-refractivity contribution in [2.45, 2.75) is 20.8 Å². The van der Waals surface area contributed by atoms with Gasteiger partial charge in [0.2, 0.25) is 5.88 Å². The lowest BCUT2D eigenvalue weighted by Gasteiger charge is -2.02. The molecule has 2 aromatic rings. The molecule has 0 amide bonds. The number of nitrogen functional groups attached to an aromatic ring is 1. The molecular weight excluding hydrogens is 188 g/mol. The Hall–Kier alpha value is -1.77. The third-order valence-electron chi connectivity index (χ3n) is 2.74. The maximum Gasteiger partial charge on any atom is 0.225 e. The van der Waals surface area contributed by atoms with Crippen LogP contribution in [0.3, 0.4) is 0 Å². The van der Waals surface area contributed by atoms with Crippen LogP contribution in [0.1, 0.15) is 16.7 Å². The van der Waals surface area contributed by atoms with Crippen molar-refractivity contribution < 1.29 is 4.52 Å². The molecule has 0 aliphatic carbocycles. The molecule has 0 aliphatic heterocycles. The lowest BCUT2D eigenvalue weighted by Crippen LogP contribution is -1.87. The highest BCUT2D eigenvalue weighted by Gasteiger charge is 2.11. The zero-order valence-corrected chi connectivity index (χ0v) is 9.16. The molecule has 78 valence electrons. The SMILES string of the molecule is Cc1ccc(-c2noc(N)c2C)cc1C. The van der Waals surface area contributed by atoms with Crippen molar-refractivity contribution in [3.8, 4) is 11.3 Å². The van der Waals surface area contributed by atoms with Gasteiger partial charge in [0.25, 0.3) is 0 Å². The van der Waals surface area contributed by atoms with Gasteiger partial charge in [-0.2, -0.15) is 0 Å². The average molecular weight is 202 g/mol. The topological polar surface area (TPSA) is 52.0 Å². The van der Waals surface area contributed by atoms with E-state index in [0.29, 0.717) is 5.88 Å². The standard InChI is InChI=1S/C12H14N2O/c1-7-4-5-10(6-8(7)2)11-9(3)12(13)15-14-11/h4-6H,13H2,1-3H3. The van der Waals surface area contributed by atoms with Crippen molar-refractivity contribution in [1.29, 1.82) is 0 Å². The lowest BCUT2D eigenvalue weighted by molar-refractivity contribution is 0.439. The van der Waals surface area contributed by atoms with Crippen molar-refractivity contribution in [1.82, 2.24) is 5.16 Å². The molecule has 0 saturated heterocycles. The van der Waals surface area contributed by atoms with E-state index in [-0.39, 0.29) is 0 Å². The van der Waals surface area contributed by atoms with Crippen LogP contribution in [0, 0.1) is 20.8 Å². The van der Waals surface area contributed by atoms with Crippen molar-refractivity contribution in [2.75, 3.05) is 5.73 Å². The molecule has 1 heterocycles. The number of aromatic nitrogens is 1. The number of nitrogens with zero attached hydrogens (tertiary/aromatic N) is 1. The predicted molar refractivity (Wildman–Crippen MR) is 60.6 cm³/mol. The maximum atomic E-state index is 5.62. The first kappa shape index (κ1) is 9.77. The summed E-state index contributed by atoms with van der Waals surface area (Å²) in [4.78, 5) is 0. The Kier molecular flexibility index (Phi) is 2.23. The van der Waals surface area contributed by atoms with E-state index < -0.39 is 0 Å². The van der Waals surface area contributed by atoms with Gasteiger partial charge < -0.3 is 10.3 Å². The molecule has 15 heavy (non-hydrogen) atoms. The van der Waals surface area contributed by atoms with E-state index in [0.717, 1.165) is 16.8 Å². The Morgan fingerprint density at radius 1 is 1.13 bits per heavy atom. The van der Waals surface area contributed by atoms with Crippen LogP contribution in [0.15, 0.2) is 22.7 Å². The molecule has 0 spiro atoms. The van der Waals surface area contributed by atoms with Gasteiger partial charge in [-0.15, -0.1) is 0 Å². The largest absolute Gasteiger partial charge is 0.367 e. The number of anilines is 1. The first-order valence-corrected chi connectivity index (χ1v) is 4.89. The second-order valence-electron chi connectivity index (χ2n) is 3.82. The molecule has 2 rings (SSSR count). The van der Waals surface area contributed by atoms with Gasteiger partial charge in [0.1, 0.15) is 5.69 Å². The Balaban J connectivity index is 2.55. The monoisotopic (exact) mass is 202 g/mol. The minimum absolute atomic E-state index is 0.392. The molecule has 0 unspecified atom stereocenters. The van der Waals surface area contributed by atoms with Gasteiger partial charge in [-0.25, -0.2) is 0 Å². The van der Waals surface area contributed by atoms with E-state index in [1.165, 1.54) is 11.1 Å². The smallest absolute Gasteiger partial charge is 0.225 e. The van der Waals surface area contributed by atoms with Gasteiger partial charge in [0.05, 0.1) is 0 Å². The summed E-state index contributed by atoms with van der Waals surface area (Å²) < 4.78 is 4.95. The molecule has 1 aromatic carbocycles. The summed E-state index contributed by atoms with van der Waals surface area (Å²) in [6.07, 6.45) is 0. The summed E-state index contributed by atoms with van der Waals surface area (Å²) in [6, 6.07) is 6.21. The van der Waals surface area contributed by atoms with Gasteiger partial charge >= 0.3 is 0 Å². The first-order chi connectivity index (χ1) is 7.09. The molecule has 3 nitrogen and oxygen atoms in total. The minimum atomic E-state index is 0.392. The Morgan fingerprint density at radius 3 is 2.40 bits per heavy atom. The molecule has 0 atom stereocenters. The van der Waals surface area contributed by atoms with Crippen LogP contribution in [-0.2, 0) is 0 Å². The highest BCUT2D eigenvalue weighted by molar-refractivity contribution is 5.67. The van der Waals surface area contributed by atoms with E-state index in [2.05, 4.69) is 31.1 Å². The van der Waals surface area contributed by atoms with Crippen LogP contribution >= 0.6 is 0 Å². The number of hydrogen-bond acceptors (Lipinski definition) is 3. The van der Waals surface area contributed by atoms with Crippen LogP contribution in [0.5, 0.6) is 0 Å². The fourth-order valence-corrected chi connectivity index (χ4v) is 1.51. The second-order valence-corrected chi connectivity index (χ2v) is 3.82. The minimum Gasteiger partial charge on any atom is -0.367 e. The van der Waals surface area contributed by atoms with Crippen molar-refractivity contribution in [3.63, 3.8) is 0 Å². The van der Waals surface area contributed by atoms with Crippen LogP contribution in [0.2, 0.25) is 0 Å². The Morgan fingerprint density at radius 2 is 1.87 bits per heavy atom. The van der Waals surface area contributed by atoms with E-state index in [4.69, 9.17) is 10.3 Å². The van der Waals surface area contributed by atoms with Crippen molar-refractivity contribution in [3.05, 3.63) is 34.9 Å². The van der Waals surface area contributed by atoms with E-state index >= 15 is 0 Å². The van der Waals surface area contributed by atoms with Crippen LogP contribution in [0.4, 0.5) is 5.88 Å². The molecule has 0 fully saturated rings. The molecular formula is C12H14N2O. The second kappa shape index (κ2) is 3.42. The van der Waals surface area contributed by atoms with E-state index in [1.807, 2.05) is 13.0 Å². The van der Waals surface area contributed by atoms with Crippen LogP contribution < -0.4 is 5.73 Å². The van der Waals surface area contributed by atoms with E-state index in [1.54, 1.807) is 0 Å². The van der Waals surface area contributed by atoms with Gasteiger partial charge in [-0.1, -0.05) is 17.3 Å². The number of nitrogens with two attached hydrogens (primary N) is 1. The van der Waals surface area contributed by atoms with Crippen molar-refractivity contribution >= 4 is 5.88 Å². The molecule has 2 N–H and O–H groups in total. The van der Waals surface area contributed by atoms with Gasteiger partial charge in [0, 0.05) is 11.1 Å². The summed E-state index contributed by atoms with van der Waals surface area (Å²) in [5.41, 5.74) is 10.9. The summed E-state index contributed by atoms with van der Waals surface area (Å²) in [6.45, 7) is 6.08. The highest BCUT2D eigenvalue weighted by atomic mass is 16.5. The third-order valence-corrected chi connectivity index (χ3v) is 2.74. The fourth-order valence-electron chi connectivity index (χ4n) is 1.51. The average Bonchev–Trinajstić information content (AvgIpc) is 2.53. The zero-order chi connectivity index (χ0) is 11.0. The van der Waals surface area contributed by atoms with Gasteiger partial charge in [-0.05, 0) is 38.0 Å². The summed E-state index contributed by atoms with van der Waals surface area (Å²) in [5.74, 6) is 0.392. The van der Waals surface area contributed by atoms with Crippen LogP contribution in [0.25, 0.3) is 11.3 Å². The Bertz CT molecular complexity index is 500. The quantitative estimate of drug-likeness (QED) is 0.773. The first-order valence-electron chi connectivity index (χ1n) is 4.89.